The fourth-order valence-electron chi connectivity index (χ4n) is 0.856. The van der Waals surface area contributed by atoms with Crippen molar-refractivity contribution in [3.8, 4) is 0 Å². The van der Waals surface area contributed by atoms with Crippen LogP contribution >= 0.6 is 0 Å². The van der Waals surface area contributed by atoms with Crippen LogP contribution in [-0.2, 0) is 7.05 Å². The first kappa shape index (κ1) is 6.71. The molecule has 1 aromatic heterocycles. The number of aromatic nitrogens is 1. The molecular weight excluding hydrogens is 128 g/mol. The van der Waals surface area contributed by atoms with Crippen molar-refractivity contribution in [2.45, 2.75) is 6.92 Å². The van der Waals surface area contributed by atoms with E-state index in [1.54, 1.807) is 6.20 Å². The number of aryl methyl sites for hydroxylation is 2. The van der Waals surface area contributed by atoms with E-state index in [1.807, 2.05) is 24.7 Å². The summed E-state index contributed by atoms with van der Waals surface area (Å²) in [4.78, 5) is 2.69. The van der Waals surface area contributed by atoms with Gasteiger partial charge in [0.05, 0.1) is 5.69 Å². The Hall–Kier alpha value is -1.41. The second-order valence-corrected chi connectivity index (χ2v) is 2.18. The Morgan fingerprint density at radius 1 is 1.60 bits per heavy atom. The minimum Gasteiger partial charge on any atom is -0.357 e. The van der Waals surface area contributed by atoms with E-state index < -0.39 is 0 Å². The maximum Gasteiger partial charge on any atom is 0.0581 e. The summed E-state index contributed by atoms with van der Waals surface area (Å²) in [5.41, 5.74) is 9.80. The van der Waals surface area contributed by atoms with Crippen LogP contribution in [0.1, 0.15) is 5.56 Å². The minimum atomic E-state index is 0.699. The van der Waals surface area contributed by atoms with E-state index >= 15 is 0 Å². The van der Waals surface area contributed by atoms with Crippen molar-refractivity contribution in [2.24, 2.45) is 12.2 Å². The largest absolute Gasteiger partial charge is 0.357 e. The maximum atomic E-state index is 8.10. The third-order valence-electron chi connectivity index (χ3n) is 1.28. The van der Waals surface area contributed by atoms with Gasteiger partial charge in [-0.2, -0.15) is 0 Å². The molecule has 4 nitrogen and oxygen atoms in total. The summed E-state index contributed by atoms with van der Waals surface area (Å²) >= 11 is 0. The van der Waals surface area contributed by atoms with Crippen LogP contribution in [0.5, 0.6) is 0 Å². The predicted octanol–water partition coefficient (Wildman–Crippen LogP) is 2.28. The van der Waals surface area contributed by atoms with Gasteiger partial charge in [0.2, 0.25) is 0 Å². The molecule has 0 amide bonds. The van der Waals surface area contributed by atoms with Gasteiger partial charge in [-0.3, -0.25) is 0 Å². The molecule has 0 saturated carbocycles. The molecule has 0 spiro atoms. The Morgan fingerprint density at radius 2 is 2.30 bits per heavy atom. The highest BCUT2D eigenvalue weighted by atomic mass is 15.1. The van der Waals surface area contributed by atoms with Crippen LogP contribution in [0.4, 0.5) is 5.69 Å². The quantitative estimate of drug-likeness (QED) is 0.323. The van der Waals surface area contributed by atoms with Crippen LogP contribution < -0.4 is 0 Å². The van der Waals surface area contributed by atoms with Crippen molar-refractivity contribution in [2.75, 3.05) is 0 Å². The average Bonchev–Trinajstić information content (AvgIpc) is 2.13. The zero-order chi connectivity index (χ0) is 7.56. The topological polar surface area (TPSA) is 53.7 Å². The standard InChI is InChI=1S/C6H8N4/c1-5-3-10(2)4-6(5)8-9-7/h3-4H,1-2H3. The summed E-state index contributed by atoms with van der Waals surface area (Å²) in [5.74, 6) is 0. The molecule has 0 aliphatic carbocycles. The van der Waals surface area contributed by atoms with Gasteiger partial charge in [0, 0.05) is 24.4 Å². The van der Waals surface area contributed by atoms with Crippen LogP contribution in [0.15, 0.2) is 17.5 Å². The number of hydrogen-bond acceptors (Lipinski definition) is 1. The summed E-state index contributed by atoms with van der Waals surface area (Å²) in [5, 5.41) is 3.49. The molecule has 52 valence electrons. The van der Waals surface area contributed by atoms with E-state index in [4.69, 9.17) is 5.53 Å². The molecule has 0 aliphatic rings. The molecule has 0 aliphatic heterocycles. The molecule has 1 rings (SSSR count). The van der Waals surface area contributed by atoms with Gasteiger partial charge in [-0.15, -0.1) is 0 Å². The van der Waals surface area contributed by atoms with Crippen molar-refractivity contribution in [1.29, 1.82) is 0 Å². The van der Waals surface area contributed by atoms with Crippen molar-refractivity contribution < 1.29 is 0 Å². The SMILES string of the molecule is Cc1cn(C)cc1N=[N+]=[N-]. The van der Waals surface area contributed by atoms with E-state index in [0.717, 1.165) is 5.56 Å². The van der Waals surface area contributed by atoms with Gasteiger partial charge in [-0.25, -0.2) is 0 Å². The Balaban J connectivity index is 3.14. The third-order valence-corrected chi connectivity index (χ3v) is 1.28. The highest BCUT2D eigenvalue weighted by Crippen LogP contribution is 2.17. The summed E-state index contributed by atoms with van der Waals surface area (Å²) in [6.45, 7) is 1.91. The smallest absolute Gasteiger partial charge is 0.0581 e. The Kier molecular flexibility index (Phi) is 1.65. The van der Waals surface area contributed by atoms with Gasteiger partial charge in [0.25, 0.3) is 0 Å². The molecule has 10 heavy (non-hydrogen) atoms. The highest BCUT2D eigenvalue weighted by molar-refractivity contribution is 5.42. The van der Waals surface area contributed by atoms with Gasteiger partial charge >= 0.3 is 0 Å². The molecule has 0 unspecified atom stereocenters. The molecule has 1 heterocycles. The van der Waals surface area contributed by atoms with Crippen molar-refractivity contribution in [3.05, 3.63) is 28.4 Å². The third kappa shape index (κ3) is 1.11. The summed E-state index contributed by atoms with van der Waals surface area (Å²) < 4.78 is 1.86. The van der Waals surface area contributed by atoms with E-state index in [9.17, 15) is 0 Å². The summed E-state index contributed by atoms with van der Waals surface area (Å²) in [6, 6.07) is 0. The van der Waals surface area contributed by atoms with E-state index in [-0.39, 0.29) is 0 Å². The average molecular weight is 136 g/mol. The van der Waals surface area contributed by atoms with E-state index in [2.05, 4.69) is 10.0 Å². The molecule has 0 saturated heterocycles. The fraction of sp³-hybridized carbons (Fsp3) is 0.333. The van der Waals surface area contributed by atoms with Crippen LogP contribution in [0.2, 0.25) is 0 Å². The molecule has 0 fully saturated rings. The summed E-state index contributed by atoms with van der Waals surface area (Å²) in [6.07, 6.45) is 3.69. The molecule has 4 heteroatoms. The van der Waals surface area contributed by atoms with Gasteiger partial charge in [-0.05, 0) is 18.0 Å². The van der Waals surface area contributed by atoms with Crippen molar-refractivity contribution >= 4 is 5.69 Å². The lowest BCUT2D eigenvalue weighted by atomic mass is 10.3. The molecular formula is C6H8N4. The lowest BCUT2D eigenvalue weighted by molar-refractivity contribution is 0.924. The number of azide groups is 1. The van der Waals surface area contributed by atoms with Gasteiger partial charge in [0.1, 0.15) is 0 Å². The van der Waals surface area contributed by atoms with Gasteiger partial charge in [-0.1, -0.05) is 5.11 Å². The van der Waals surface area contributed by atoms with Crippen molar-refractivity contribution in [1.82, 2.24) is 4.57 Å². The van der Waals surface area contributed by atoms with Crippen LogP contribution in [0.25, 0.3) is 10.4 Å². The Morgan fingerprint density at radius 3 is 2.70 bits per heavy atom. The summed E-state index contributed by atoms with van der Waals surface area (Å²) in [7, 11) is 1.89. The number of nitrogens with zero attached hydrogens (tertiary/aromatic N) is 4. The first-order valence-electron chi connectivity index (χ1n) is 2.91. The first-order chi connectivity index (χ1) is 4.74. The van der Waals surface area contributed by atoms with Gasteiger partial charge < -0.3 is 4.57 Å². The monoisotopic (exact) mass is 136 g/mol. The normalized spacial score (nSPS) is 9.00. The van der Waals surface area contributed by atoms with Crippen LogP contribution in [0, 0.1) is 6.92 Å². The minimum absolute atomic E-state index is 0.699. The second kappa shape index (κ2) is 2.45. The van der Waals surface area contributed by atoms with Gasteiger partial charge in [0.15, 0.2) is 0 Å². The zero-order valence-electron chi connectivity index (χ0n) is 5.94. The molecule has 0 aromatic carbocycles. The zero-order valence-corrected chi connectivity index (χ0v) is 5.94. The molecule has 0 radical (unpaired) electrons. The lowest BCUT2D eigenvalue weighted by Gasteiger charge is -1.81. The Labute approximate surface area is 58.7 Å². The van der Waals surface area contributed by atoms with Crippen LogP contribution in [-0.4, -0.2) is 4.57 Å². The first-order valence-corrected chi connectivity index (χ1v) is 2.91. The molecule has 0 bridgehead atoms. The highest BCUT2D eigenvalue weighted by Gasteiger charge is 1.95. The number of hydrogen-bond donors (Lipinski definition) is 0. The van der Waals surface area contributed by atoms with Crippen LogP contribution in [0.3, 0.4) is 0 Å². The second-order valence-electron chi connectivity index (χ2n) is 2.18. The Bertz CT molecular complexity index is 280. The molecule has 1 aromatic rings. The van der Waals surface area contributed by atoms with E-state index in [0.29, 0.717) is 5.69 Å². The number of rotatable bonds is 1. The molecule has 0 N–H and O–H groups in total. The van der Waals surface area contributed by atoms with Crippen molar-refractivity contribution in [3.63, 3.8) is 0 Å². The lowest BCUT2D eigenvalue weighted by Crippen LogP contribution is -1.76. The fourth-order valence-corrected chi connectivity index (χ4v) is 0.856. The molecule has 0 atom stereocenters. The maximum absolute atomic E-state index is 8.10. The predicted molar refractivity (Wildman–Crippen MR) is 39.0 cm³/mol. The van der Waals surface area contributed by atoms with E-state index in [1.165, 1.54) is 0 Å².